The highest BCUT2D eigenvalue weighted by molar-refractivity contribution is 4.95. The Kier molecular flexibility index (Phi) is 2.55. The molecular weight excluding hydrogens is 170 g/mol. The zero-order chi connectivity index (χ0) is 9.42. The summed E-state index contributed by atoms with van der Waals surface area (Å²) in [4.78, 5) is 2.14. The third-order valence-electron chi connectivity index (χ3n) is 3.34. The molecule has 4 nitrogen and oxygen atoms in total. The van der Waals surface area contributed by atoms with Gasteiger partial charge in [-0.2, -0.15) is 0 Å². The zero-order valence-corrected chi connectivity index (χ0v) is 7.63. The lowest BCUT2D eigenvalue weighted by atomic mass is 9.98. The summed E-state index contributed by atoms with van der Waals surface area (Å²) >= 11 is 0. The van der Waals surface area contributed by atoms with Crippen molar-refractivity contribution in [2.75, 3.05) is 13.2 Å². The summed E-state index contributed by atoms with van der Waals surface area (Å²) in [5.41, 5.74) is 0. The molecule has 0 spiro atoms. The van der Waals surface area contributed by atoms with Crippen molar-refractivity contribution in [3.05, 3.63) is 0 Å². The van der Waals surface area contributed by atoms with Gasteiger partial charge in [-0.25, -0.2) is 0 Å². The number of nitrogens with zero attached hydrogens (tertiary/aromatic N) is 1. The number of hydrogen-bond donors (Lipinski definition) is 3. The number of piperidine rings is 1. The summed E-state index contributed by atoms with van der Waals surface area (Å²) in [5, 5.41) is 28.0. The van der Waals surface area contributed by atoms with E-state index in [1.165, 1.54) is 0 Å². The molecule has 0 saturated carbocycles. The molecule has 2 saturated heterocycles. The van der Waals surface area contributed by atoms with Crippen LogP contribution in [0.1, 0.15) is 19.3 Å². The van der Waals surface area contributed by atoms with E-state index in [1.807, 2.05) is 0 Å². The summed E-state index contributed by atoms with van der Waals surface area (Å²) < 4.78 is 0. The van der Waals surface area contributed by atoms with Crippen LogP contribution in [0.4, 0.5) is 0 Å². The summed E-state index contributed by atoms with van der Waals surface area (Å²) in [7, 11) is 0. The predicted molar refractivity (Wildman–Crippen MR) is 47.2 cm³/mol. The molecule has 0 radical (unpaired) electrons. The molecule has 0 aromatic heterocycles. The minimum absolute atomic E-state index is 0.166. The maximum Gasteiger partial charge on any atom is 0.0926 e. The van der Waals surface area contributed by atoms with Crippen LogP contribution in [0.5, 0.6) is 0 Å². The van der Waals surface area contributed by atoms with Gasteiger partial charge in [0.1, 0.15) is 0 Å². The molecule has 2 aliphatic heterocycles. The van der Waals surface area contributed by atoms with Crippen LogP contribution in [-0.4, -0.2) is 57.7 Å². The second-order valence-electron chi connectivity index (χ2n) is 4.13. The fourth-order valence-corrected chi connectivity index (χ4v) is 2.54. The molecule has 0 bridgehead atoms. The number of aliphatic hydroxyl groups is 3. The van der Waals surface area contributed by atoms with Gasteiger partial charge in [0.25, 0.3) is 0 Å². The van der Waals surface area contributed by atoms with E-state index in [0.717, 1.165) is 12.8 Å². The Morgan fingerprint density at radius 1 is 1.15 bits per heavy atom. The average Bonchev–Trinajstić information content (AvgIpc) is 2.48. The molecular formula is C9H17NO3. The van der Waals surface area contributed by atoms with Gasteiger partial charge in [-0.05, 0) is 19.3 Å². The lowest BCUT2D eigenvalue weighted by Crippen LogP contribution is -2.52. The monoisotopic (exact) mass is 187 g/mol. The molecule has 2 heterocycles. The Hall–Kier alpha value is -0.160. The predicted octanol–water partition coefficient (Wildman–Crippen LogP) is -1.06. The van der Waals surface area contributed by atoms with Crippen molar-refractivity contribution in [2.45, 2.75) is 43.6 Å². The van der Waals surface area contributed by atoms with E-state index < -0.39 is 12.2 Å². The van der Waals surface area contributed by atoms with Crippen LogP contribution in [0.3, 0.4) is 0 Å². The number of aliphatic hydroxyl groups excluding tert-OH is 3. The number of fused-ring (bicyclic) bond motifs is 1. The fourth-order valence-electron chi connectivity index (χ4n) is 2.54. The Morgan fingerprint density at radius 2 is 1.92 bits per heavy atom. The first-order valence-electron chi connectivity index (χ1n) is 4.95. The lowest BCUT2D eigenvalue weighted by Gasteiger charge is -2.38. The molecule has 2 rings (SSSR count). The van der Waals surface area contributed by atoms with Crippen molar-refractivity contribution < 1.29 is 15.3 Å². The third kappa shape index (κ3) is 1.59. The van der Waals surface area contributed by atoms with Crippen LogP contribution in [0.2, 0.25) is 0 Å². The van der Waals surface area contributed by atoms with Crippen LogP contribution >= 0.6 is 0 Å². The van der Waals surface area contributed by atoms with Gasteiger partial charge in [0.05, 0.1) is 18.8 Å². The maximum atomic E-state index is 9.46. The minimum atomic E-state index is -0.636. The molecule has 13 heavy (non-hydrogen) atoms. The van der Waals surface area contributed by atoms with Crippen LogP contribution < -0.4 is 0 Å². The van der Waals surface area contributed by atoms with Gasteiger partial charge < -0.3 is 15.3 Å². The number of hydrogen-bond acceptors (Lipinski definition) is 4. The minimum Gasteiger partial charge on any atom is -0.395 e. The SMILES string of the molecule is OC[C@@H]1CC[C@H]2C[C@H](O)[C@H](O)CN12. The summed E-state index contributed by atoms with van der Waals surface area (Å²) in [6.45, 7) is 0.677. The topological polar surface area (TPSA) is 63.9 Å². The van der Waals surface area contributed by atoms with Gasteiger partial charge in [0, 0.05) is 18.6 Å². The Morgan fingerprint density at radius 3 is 2.62 bits per heavy atom. The highest BCUT2D eigenvalue weighted by Crippen LogP contribution is 2.31. The first-order valence-corrected chi connectivity index (χ1v) is 4.95. The fraction of sp³-hybridized carbons (Fsp3) is 1.00. The van der Waals surface area contributed by atoms with Crippen molar-refractivity contribution in [1.29, 1.82) is 0 Å². The van der Waals surface area contributed by atoms with Crippen LogP contribution in [0.15, 0.2) is 0 Å². The Labute approximate surface area is 77.8 Å². The van der Waals surface area contributed by atoms with Gasteiger partial charge in [0.2, 0.25) is 0 Å². The van der Waals surface area contributed by atoms with E-state index in [-0.39, 0.29) is 12.6 Å². The van der Waals surface area contributed by atoms with Gasteiger partial charge >= 0.3 is 0 Å². The van der Waals surface area contributed by atoms with Gasteiger partial charge in [-0.1, -0.05) is 0 Å². The Balaban J connectivity index is 2.02. The van der Waals surface area contributed by atoms with Gasteiger partial charge in [-0.3, -0.25) is 4.90 Å². The van der Waals surface area contributed by atoms with Crippen LogP contribution in [-0.2, 0) is 0 Å². The van der Waals surface area contributed by atoms with Crippen molar-refractivity contribution in [3.8, 4) is 0 Å². The van der Waals surface area contributed by atoms with E-state index in [1.54, 1.807) is 0 Å². The molecule has 0 amide bonds. The second-order valence-corrected chi connectivity index (χ2v) is 4.13. The van der Waals surface area contributed by atoms with E-state index in [9.17, 15) is 10.2 Å². The lowest BCUT2D eigenvalue weighted by molar-refractivity contribution is -0.0635. The molecule has 2 fully saturated rings. The normalized spacial score (nSPS) is 46.4. The number of rotatable bonds is 1. The van der Waals surface area contributed by atoms with Crippen LogP contribution in [0, 0.1) is 0 Å². The van der Waals surface area contributed by atoms with E-state index in [2.05, 4.69) is 4.90 Å². The molecule has 4 atom stereocenters. The van der Waals surface area contributed by atoms with Gasteiger partial charge in [0.15, 0.2) is 0 Å². The summed E-state index contributed by atoms with van der Waals surface area (Å²) in [6.07, 6.45) is 1.47. The largest absolute Gasteiger partial charge is 0.395 e. The summed E-state index contributed by atoms with van der Waals surface area (Å²) in [6, 6.07) is 0.572. The molecule has 4 heteroatoms. The smallest absolute Gasteiger partial charge is 0.0926 e. The van der Waals surface area contributed by atoms with Crippen molar-refractivity contribution >= 4 is 0 Å². The van der Waals surface area contributed by atoms with Crippen LogP contribution in [0.25, 0.3) is 0 Å². The molecule has 0 aromatic carbocycles. The van der Waals surface area contributed by atoms with Gasteiger partial charge in [-0.15, -0.1) is 0 Å². The van der Waals surface area contributed by atoms with E-state index >= 15 is 0 Å². The molecule has 76 valence electrons. The Bertz CT molecular complexity index is 188. The molecule has 3 N–H and O–H groups in total. The highest BCUT2D eigenvalue weighted by Gasteiger charge is 2.40. The molecule has 0 aromatic rings. The molecule has 2 aliphatic rings. The molecule has 0 unspecified atom stereocenters. The zero-order valence-electron chi connectivity index (χ0n) is 7.63. The summed E-state index contributed by atoms with van der Waals surface area (Å²) in [5.74, 6) is 0. The van der Waals surface area contributed by atoms with Crippen molar-refractivity contribution in [1.82, 2.24) is 4.90 Å². The molecule has 0 aliphatic carbocycles. The first kappa shape index (κ1) is 9.40. The van der Waals surface area contributed by atoms with Crippen molar-refractivity contribution in [3.63, 3.8) is 0 Å². The average molecular weight is 187 g/mol. The highest BCUT2D eigenvalue weighted by atomic mass is 16.3. The van der Waals surface area contributed by atoms with E-state index in [0.29, 0.717) is 19.0 Å². The quantitative estimate of drug-likeness (QED) is 0.489. The first-order chi connectivity index (χ1) is 6.22. The van der Waals surface area contributed by atoms with E-state index in [4.69, 9.17) is 5.11 Å². The third-order valence-corrected chi connectivity index (χ3v) is 3.34. The standard InChI is InChI=1S/C9H17NO3/c11-5-7-2-1-6-3-8(12)9(13)4-10(6)7/h6-9,11-13H,1-5H2/t6-,7-,8-,9+/m0/s1. The van der Waals surface area contributed by atoms with Crippen molar-refractivity contribution in [2.24, 2.45) is 0 Å². The maximum absolute atomic E-state index is 9.46. The second kappa shape index (κ2) is 3.53.